The molecule has 1 amide bonds. The van der Waals surface area contributed by atoms with E-state index in [-0.39, 0.29) is 11.5 Å². The highest BCUT2D eigenvalue weighted by Gasteiger charge is 2.34. The molecule has 0 bridgehead atoms. The van der Waals surface area contributed by atoms with Gasteiger partial charge in [0.1, 0.15) is 5.71 Å². The van der Waals surface area contributed by atoms with E-state index >= 15 is 0 Å². The molecule has 27 heavy (non-hydrogen) atoms. The molecule has 1 aromatic heterocycles. The fourth-order valence-corrected chi connectivity index (χ4v) is 3.09. The van der Waals surface area contributed by atoms with Gasteiger partial charge in [-0.3, -0.25) is 9.59 Å². The van der Waals surface area contributed by atoms with Gasteiger partial charge in [0, 0.05) is 29.6 Å². The molecule has 0 aliphatic carbocycles. The van der Waals surface area contributed by atoms with Crippen molar-refractivity contribution >= 4 is 39.3 Å². The van der Waals surface area contributed by atoms with Gasteiger partial charge in [0.2, 0.25) is 11.8 Å². The molecule has 0 unspecified atom stereocenters. The van der Waals surface area contributed by atoms with E-state index in [1.54, 1.807) is 12.1 Å². The van der Waals surface area contributed by atoms with Crippen molar-refractivity contribution in [3.8, 4) is 5.88 Å². The SMILES string of the molecule is CC(=O)N=C1/C(=C(\OC(C)=O)c2ccc(Br)cc2)Oc2nc(C)cc(C)c21. The molecule has 138 valence electrons. The third kappa shape index (κ3) is 3.98. The highest BCUT2D eigenvalue weighted by atomic mass is 79.9. The summed E-state index contributed by atoms with van der Waals surface area (Å²) in [5.41, 5.74) is 3.17. The van der Waals surface area contributed by atoms with Crippen LogP contribution in [0.3, 0.4) is 0 Å². The standard InChI is InChI=1S/C20H17BrN2O4/c1-10-9-11(2)22-20-16(10)17(23-12(3)24)19(27-20)18(26-13(4)25)14-5-7-15(21)8-6-14/h5-9H,1-4H3/b19-18+,23-17?. The zero-order valence-electron chi connectivity index (χ0n) is 15.3. The molecule has 0 radical (unpaired) electrons. The van der Waals surface area contributed by atoms with Crippen LogP contribution in [0.25, 0.3) is 5.76 Å². The maximum Gasteiger partial charge on any atom is 0.308 e. The van der Waals surface area contributed by atoms with Crippen molar-refractivity contribution in [1.82, 2.24) is 4.98 Å². The summed E-state index contributed by atoms with van der Waals surface area (Å²) in [6.07, 6.45) is 0. The van der Waals surface area contributed by atoms with Crippen LogP contribution in [0.15, 0.2) is 45.6 Å². The summed E-state index contributed by atoms with van der Waals surface area (Å²) in [6.45, 7) is 6.39. The Bertz CT molecular complexity index is 1010. The molecule has 1 aliphatic rings. The third-order valence-corrected chi connectivity index (χ3v) is 4.32. The first kappa shape index (κ1) is 19.0. The smallest absolute Gasteiger partial charge is 0.308 e. The minimum atomic E-state index is -0.511. The number of aryl methyl sites for hydroxylation is 2. The van der Waals surface area contributed by atoms with Gasteiger partial charge in [0.25, 0.3) is 0 Å². The molecule has 0 spiro atoms. The van der Waals surface area contributed by atoms with E-state index in [0.717, 1.165) is 15.7 Å². The molecule has 0 atom stereocenters. The van der Waals surface area contributed by atoms with Crippen LogP contribution in [0, 0.1) is 13.8 Å². The summed E-state index contributed by atoms with van der Waals surface area (Å²) in [6, 6.07) is 9.07. The number of carbonyl (C=O) groups excluding carboxylic acids is 2. The van der Waals surface area contributed by atoms with Gasteiger partial charge in [-0.25, -0.2) is 9.98 Å². The Hall–Kier alpha value is -2.80. The van der Waals surface area contributed by atoms with Gasteiger partial charge < -0.3 is 9.47 Å². The lowest BCUT2D eigenvalue weighted by molar-refractivity contribution is -0.134. The van der Waals surface area contributed by atoms with Crippen molar-refractivity contribution in [2.75, 3.05) is 0 Å². The summed E-state index contributed by atoms with van der Waals surface area (Å²) in [7, 11) is 0. The zero-order valence-corrected chi connectivity index (χ0v) is 16.9. The van der Waals surface area contributed by atoms with E-state index in [1.165, 1.54) is 13.8 Å². The molecule has 3 rings (SSSR count). The van der Waals surface area contributed by atoms with Gasteiger partial charge in [-0.05, 0) is 49.7 Å². The van der Waals surface area contributed by atoms with Crippen molar-refractivity contribution in [1.29, 1.82) is 0 Å². The molecule has 0 saturated carbocycles. The Balaban J connectivity index is 2.29. The second kappa shape index (κ2) is 7.44. The largest absolute Gasteiger partial charge is 0.432 e. The zero-order chi connectivity index (χ0) is 19.7. The lowest BCUT2D eigenvalue weighted by atomic mass is 10.0. The Kier molecular flexibility index (Phi) is 5.23. The predicted molar refractivity (Wildman–Crippen MR) is 104 cm³/mol. The number of halogens is 1. The number of nitrogens with zero attached hydrogens (tertiary/aromatic N) is 2. The van der Waals surface area contributed by atoms with Crippen molar-refractivity contribution < 1.29 is 19.1 Å². The topological polar surface area (TPSA) is 77.8 Å². The van der Waals surface area contributed by atoms with Crippen molar-refractivity contribution in [2.45, 2.75) is 27.7 Å². The van der Waals surface area contributed by atoms with Gasteiger partial charge in [0.05, 0.1) is 5.56 Å². The third-order valence-electron chi connectivity index (χ3n) is 3.79. The van der Waals surface area contributed by atoms with Crippen LogP contribution in [0.2, 0.25) is 0 Å². The highest BCUT2D eigenvalue weighted by Crippen LogP contribution is 2.37. The van der Waals surface area contributed by atoms with E-state index in [1.807, 2.05) is 32.0 Å². The number of aliphatic imine (C=N–C) groups is 1. The minimum Gasteiger partial charge on any atom is -0.432 e. The number of pyridine rings is 1. The number of hydrogen-bond donors (Lipinski definition) is 0. The average Bonchev–Trinajstić information content (AvgIpc) is 2.91. The molecule has 1 aliphatic heterocycles. The van der Waals surface area contributed by atoms with E-state index in [4.69, 9.17) is 9.47 Å². The molecular formula is C20H17BrN2O4. The van der Waals surface area contributed by atoms with E-state index < -0.39 is 11.9 Å². The lowest BCUT2D eigenvalue weighted by Crippen LogP contribution is -2.11. The summed E-state index contributed by atoms with van der Waals surface area (Å²) in [5.74, 6) is -0.187. The van der Waals surface area contributed by atoms with E-state index in [2.05, 4.69) is 25.9 Å². The van der Waals surface area contributed by atoms with E-state index in [0.29, 0.717) is 22.7 Å². The van der Waals surface area contributed by atoms with Crippen LogP contribution >= 0.6 is 15.9 Å². The summed E-state index contributed by atoms with van der Waals surface area (Å²) in [4.78, 5) is 32.0. The molecule has 1 aromatic carbocycles. The van der Waals surface area contributed by atoms with Gasteiger partial charge in [-0.1, -0.05) is 15.9 Å². The lowest BCUT2D eigenvalue weighted by Gasteiger charge is -2.11. The molecule has 7 heteroatoms. The summed E-state index contributed by atoms with van der Waals surface area (Å²) < 4.78 is 12.3. The Labute approximate surface area is 165 Å². The normalized spacial score (nSPS) is 16.0. The molecular weight excluding hydrogens is 412 g/mol. The first-order chi connectivity index (χ1) is 12.8. The average molecular weight is 429 g/mol. The van der Waals surface area contributed by atoms with Crippen LogP contribution < -0.4 is 4.74 Å². The quantitative estimate of drug-likeness (QED) is 0.530. The van der Waals surface area contributed by atoms with Gasteiger partial charge in [-0.15, -0.1) is 0 Å². The summed E-state index contributed by atoms with van der Waals surface area (Å²) >= 11 is 3.38. The molecule has 0 N–H and O–H groups in total. The first-order valence-electron chi connectivity index (χ1n) is 8.21. The number of allylic oxidation sites excluding steroid dienone is 1. The molecule has 0 saturated heterocycles. The number of rotatable bonds is 2. The second-order valence-electron chi connectivity index (χ2n) is 6.10. The number of aromatic nitrogens is 1. The van der Waals surface area contributed by atoms with Crippen LogP contribution in [0.4, 0.5) is 0 Å². The number of fused-ring (bicyclic) bond motifs is 1. The predicted octanol–water partition coefficient (Wildman–Crippen LogP) is 4.12. The van der Waals surface area contributed by atoms with Crippen LogP contribution in [-0.2, 0) is 14.3 Å². The maximum absolute atomic E-state index is 11.8. The number of carbonyl (C=O) groups is 2. The Morgan fingerprint density at radius 1 is 1.15 bits per heavy atom. The summed E-state index contributed by atoms with van der Waals surface area (Å²) in [5, 5.41) is 0. The van der Waals surface area contributed by atoms with Crippen molar-refractivity contribution in [3.63, 3.8) is 0 Å². The monoisotopic (exact) mass is 428 g/mol. The van der Waals surface area contributed by atoms with Crippen LogP contribution in [0.5, 0.6) is 5.88 Å². The van der Waals surface area contributed by atoms with Crippen molar-refractivity contribution in [2.24, 2.45) is 4.99 Å². The van der Waals surface area contributed by atoms with Crippen LogP contribution in [0.1, 0.15) is 36.2 Å². The van der Waals surface area contributed by atoms with Gasteiger partial charge >= 0.3 is 5.97 Å². The van der Waals surface area contributed by atoms with Gasteiger partial charge in [0.15, 0.2) is 11.5 Å². The highest BCUT2D eigenvalue weighted by molar-refractivity contribution is 9.10. The van der Waals surface area contributed by atoms with Crippen LogP contribution in [-0.4, -0.2) is 22.6 Å². The van der Waals surface area contributed by atoms with E-state index in [9.17, 15) is 9.59 Å². The number of esters is 1. The fourth-order valence-electron chi connectivity index (χ4n) is 2.82. The maximum atomic E-state index is 11.8. The number of hydrogen-bond acceptors (Lipinski definition) is 5. The molecule has 2 aromatic rings. The molecule has 6 nitrogen and oxygen atoms in total. The van der Waals surface area contributed by atoms with Gasteiger partial charge in [-0.2, -0.15) is 0 Å². The minimum absolute atomic E-state index is 0.185. The fraction of sp³-hybridized carbons (Fsp3) is 0.200. The number of ether oxygens (including phenoxy) is 2. The number of benzene rings is 1. The Morgan fingerprint density at radius 3 is 2.41 bits per heavy atom. The molecule has 2 heterocycles. The second-order valence-corrected chi connectivity index (χ2v) is 7.02. The first-order valence-corrected chi connectivity index (χ1v) is 9.00. The molecule has 0 fully saturated rings. The number of amides is 1. The Morgan fingerprint density at radius 2 is 1.81 bits per heavy atom. The van der Waals surface area contributed by atoms with Crippen molar-refractivity contribution in [3.05, 3.63) is 62.9 Å².